The number of hydrogen-bond donors (Lipinski definition) is 2. The van der Waals surface area contributed by atoms with E-state index < -0.39 is 0 Å². The van der Waals surface area contributed by atoms with E-state index in [0.717, 1.165) is 0 Å². The normalized spacial score (nSPS) is 11.6. The second-order valence-electron chi connectivity index (χ2n) is 2.97. The molecule has 0 aliphatic carbocycles. The summed E-state index contributed by atoms with van der Waals surface area (Å²) in [5.74, 6) is 0.350. The molecule has 0 aromatic heterocycles. The zero-order valence-corrected chi connectivity index (χ0v) is 8.36. The number of aromatic hydroxyl groups is 2. The first-order valence-electron chi connectivity index (χ1n) is 4.50. The van der Waals surface area contributed by atoms with Crippen molar-refractivity contribution in [2.24, 2.45) is 0 Å². The SMILES string of the molecule is CC=Cc1cc(O)c(C=CC)cc1O. The number of phenolic OH excluding ortho intramolecular Hbond substituents is 2. The van der Waals surface area contributed by atoms with Crippen LogP contribution in [0.2, 0.25) is 0 Å². The molecule has 0 amide bonds. The average Bonchev–Trinajstić information content (AvgIpc) is 2.14. The Morgan fingerprint density at radius 1 is 0.857 bits per heavy atom. The molecule has 2 heteroatoms. The monoisotopic (exact) mass is 190 g/mol. The first-order valence-corrected chi connectivity index (χ1v) is 4.50. The summed E-state index contributed by atoms with van der Waals surface area (Å²) in [7, 11) is 0. The molecule has 2 N–H and O–H groups in total. The maximum absolute atomic E-state index is 9.58. The Morgan fingerprint density at radius 3 is 1.50 bits per heavy atom. The molecular weight excluding hydrogens is 176 g/mol. The third-order valence-corrected chi connectivity index (χ3v) is 1.87. The highest BCUT2D eigenvalue weighted by molar-refractivity contribution is 5.67. The highest BCUT2D eigenvalue weighted by Gasteiger charge is 2.03. The molecule has 0 saturated heterocycles. The van der Waals surface area contributed by atoms with Crippen LogP contribution in [-0.4, -0.2) is 10.2 Å². The Balaban J connectivity index is 3.23. The Kier molecular flexibility index (Phi) is 3.35. The molecule has 1 rings (SSSR count). The van der Waals surface area contributed by atoms with Crippen molar-refractivity contribution in [3.8, 4) is 11.5 Å². The predicted molar refractivity (Wildman–Crippen MR) is 59.2 cm³/mol. The fraction of sp³-hybridized carbons (Fsp3) is 0.167. The van der Waals surface area contributed by atoms with Gasteiger partial charge in [0.1, 0.15) is 11.5 Å². The minimum atomic E-state index is 0.175. The third-order valence-electron chi connectivity index (χ3n) is 1.87. The number of hydrogen-bond acceptors (Lipinski definition) is 2. The van der Waals surface area contributed by atoms with E-state index in [4.69, 9.17) is 0 Å². The number of rotatable bonds is 2. The van der Waals surface area contributed by atoms with Gasteiger partial charge in [-0.15, -0.1) is 0 Å². The van der Waals surface area contributed by atoms with Gasteiger partial charge >= 0.3 is 0 Å². The Hall–Kier alpha value is -1.70. The summed E-state index contributed by atoms with van der Waals surface area (Å²) in [6.07, 6.45) is 7.11. The molecule has 0 bridgehead atoms. The quantitative estimate of drug-likeness (QED) is 0.703. The van der Waals surface area contributed by atoms with Crippen molar-refractivity contribution >= 4 is 12.2 Å². The smallest absolute Gasteiger partial charge is 0.123 e. The van der Waals surface area contributed by atoms with Gasteiger partial charge in [0.2, 0.25) is 0 Å². The van der Waals surface area contributed by atoms with Gasteiger partial charge in [-0.1, -0.05) is 24.3 Å². The van der Waals surface area contributed by atoms with Crippen LogP contribution in [0.5, 0.6) is 11.5 Å². The van der Waals surface area contributed by atoms with E-state index in [9.17, 15) is 10.2 Å². The lowest BCUT2D eigenvalue weighted by atomic mass is 10.1. The van der Waals surface area contributed by atoms with E-state index in [-0.39, 0.29) is 11.5 Å². The summed E-state index contributed by atoms with van der Waals surface area (Å²) in [5.41, 5.74) is 1.25. The van der Waals surface area contributed by atoms with Crippen molar-refractivity contribution in [3.63, 3.8) is 0 Å². The van der Waals surface area contributed by atoms with Crippen LogP contribution >= 0.6 is 0 Å². The Bertz CT molecular complexity index is 338. The van der Waals surface area contributed by atoms with Gasteiger partial charge in [0.05, 0.1) is 0 Å². The van der Waals surface area contributed by atoms with Gasteiger partial charge in [0, 0.05) is 11.1 Å². The van der Waals surface area contributed by atoms with Crippen LogP contribution in [0, 0.1) is 0 Å². The van der Waals surface area contributed by atoms with Crippen LogP contribution in [-0.2, 0) is 0 Å². The largest absolute Gasteiger partial charge is 0.507 e. The van der Waals surface area contributed by atoms with Crippen LogP contribution in [0.15, 0.2) is 24.3 Å². The summed E-state index contributed by atoms with van der Waals surface area (Å²) in [4.78, 5) is 0. The van der Waals surface area contributed by atoms with E-state index in [0.29, 0.717) is 11.1 Å². The van der Waals surface area contributed by atoms with E-state index in [1.54, 1.807) is 24.3 Å². The second-order valence-corrected chi connectivity index (χ2v) is 2.97. The summed E-state index contributed by atoms with van der Waals surface area (Å²) in [6, 6.07) is 3.09. The first kappa shape index (κ1) is 10.4. The fourth-order valence-corrected chi connectivity index (χ4v) is 1.24. The van der Waals surface area contributed by atoms with Gasteiger partial charge < -0.3 is 10.2 Å². The van der Waals surface area contributed by atoms with Gasteiger partial charge in [0.25, 0.3) is 0 Å². The van der Waals surface area contributed by atoms with Gasteiger partial charge in [-0.05, 0) is 26.0 Å². The minimum absolute atomic E-state index is 0.175. The number of benzene rings is 1. The van der Waals surface area contributed by atoms with Crippen LogP contribution in [0.1, 0.15) is 25.0 Å². The highest BCUT2D eigenvalue weighted by Crippen LogP contribution is 2.28. The molecule has 0 atom stereocenters. The molecule has 0 fully saturated rings. The molecule has 1 aromatic rings. The van der Waals surface area contributed by atoms with Gasteiger partial charge in [-0.25, -0.2) is 0 Å². The molecule has 0 radical (unpaired) electrons. The van der Waals surface area contributed by atoms with Crippen molar-refractivity contribution in [2.45, 2.75) is 13.8 Å². The average molecular weight is 190 g/mol. The molecule has 0 spiro atoms. The molecule has 14 heavy (non-hydrogen) atoms. The summed E-state index contributed by atoms with van der Waals surface area (Å²) in [6.45, 7) is 3.71. The second kappa shape index (κ2) is 4.51. The standard InChI is InChI=1S/C12H14O2/c1-3-5-9-7-12(14)10(6-4-2)8-11(9)13/h3-8,13-14H,1-2H3. The van der Waals surface area contributed by atoms with Gasteiger partial charge in [-0.2, -0.15) is 0 Å². The van der Waals surface area contributed by atoms with E-state index in [1.165, 1.54) is 0 Å². The molecule has 0 aliphatic heterocycles. The van der Waals surface area contributed by atoms with Crippen molar-refractivity contribution in [3.05, 3.63) is 35.4 Å². The van der Waals surface area contributed by atoms with Crippen molar-refractivity contribution < 1.29 is 10.2 Å². The maximum Gasteiger partial charge on any atom is 0.123 e. The zero-order chi connectivity index (χ0) is 10.6. The molecule has 2 nitrogen and oxygen atoms in total. The van der Waals surface area contributed by atoms with E-state index in [1.807, 2.05) is 26.0 Å². The van der Waals surface area contributed by atoms with Crippen molar-refractivity contribution in [1.82, 2.24) is 0 Å². The molecular formula is C12H14O2. The number of allylic oxidation sites excluding steroid dienone is 2. The summed E-state index contributed by atoms with van der Waals surface area (Å²) >= 11 is 0. The Labute approximate surface area is 83.8 Å². The molecule has 0 saturated carbocycles. The molecule has 74 valence electrons. The maximum atomic E-state index is 9.58. The van der Waals surface area contributed by atoms with E-state index >= 15 is 0 Å². The van der Waals surface area contributed by atoms with Crippen LogP contribution in [0.4, 0.5) is 0 Å². The van der Waals surface area contributed by atoms with Crippen LogP contribution in [0.3, 0.4) is 0 Å². The molecule has 0 unspecified atom stereocenters. The number of phenols is 2. The predicted octanol–water partition coefficient (Wildman–Crippen LogP) is 3.16. The lowest BCUT2D eigenvalue weighted by Gasteiger charge is -2.03. The van der Waals surface area contributed by atoms with Crippen LogP contribution in [0.25, 0.3) is 12.2 Å². The first-order chi connectivity index (χ1) is 6.69. The van der Waals surface area contributed by atoms with Crippen molar-refractivity contribution in [1.29, 1.82) is 0 Å². The lowest BCUT2D eigenvalue weighted by Crippen LogP contribution is -1.79. The van der Waals surface area contributed by atoms with E-state index in [2.05, 4.69) is 0 Å². The highest BCUT2D eigenvalue weighted by atomic mass is 16.3. The topological polar surface area (TPSA) is 40.5 Å². The van der Waals surface area contributed by atoms with Crippen molar-refractivity contribution in [2.75, 3.05) is 0 Å². The zero-order valence-electron chi connectivity index (χ0n) is 8.36. The minimum Gasteiger partial charge on any atom is -0.507 e. The molecule has 0 aliphatic rings. The Morgan fingerprint density at radius 2 is 1.21 bits per heavy atom. The lowest BCUT2D eigenvalue weighted by molar-refractivity contribution is 0.458. The fourth-order valence-electron chi connectivity index (χ4n) is 1.24. The third kappa shape index (κ3) is 2.16. The molecule has 0 heterocycles. The molecule has 1 aromatic carbocycles. The van der Waals surface area contributed by atoms with Gasteiger partial charge in [0.15, 0.2) is 0 Å². The van der Waals surface area contributed by atoms with Gasteiger partial charge in [-0.3, -0.25) is 0 Å². The summed E-state index contributed by atoms with van der Waals surface area (Å²) < 4.78 is 0. The van der Waals surface area contributed by atoms with Crippen LogP contribution < -0.4 is 0 Å². The summed E-state index contributed by atoms with van der Waals surface area (Å²) in [5, 5.41) is 19.2.